The highest BCUT2D eigenvalue weighted by Crippen LogP contribution is 2.44. The number of nitrogens with one attached hydrogen (secondary N) is 2. The number of nitrogens with zero attached hydrogens (tertiary/aromatic N) is 2. The second-order valence-corrected chi connectivity index (χ2v) is 9.39. The van der Waals surface area contributed by atoms with Gasteiger partial charge in [0.25, 0.3) is 5.91 Å². The van der Waals surface area contributed by atoms with E-state index in [1.165, 1.54) is 12.1 Å². The van der Waals surface area contributed by atoms with Gasteiger partial charge in [0.15, 0.2) is 0 Å². The summed E-state index contributed by atoms with van der Waals surface area (Å²) in [6.07, 6.45) is 2.25. The lowest BCUT2D eigenvalue weighted by Crippen LogP contribution is -2.48. The van der Waals surface area contributed by atoms with E-state index in [1.807, 2.05) is 13.0 Å². The first-order chi connectivity index (χ1) is 16.1. The number of carbonyl (C=O) groups excluding carboxylic acids is 3. The molecule has 0 aromatic heterocycles. The minimum Gasteiger partial charge on any atom is -0.366 e. The monoisotopic (exact) mass is 464 g/mol. The molecule has 7 nitrogen and oxygen atoms in total. The summed E-state index contributed by atoms with van der Waals surface area (Å²) in [5.74, 6) is -1.45. The van der Waals surface area contributed by atoms with Crippen molar-refractivity contribution in [2.75, 3.05) is 23.3 Å². The van der Waals surface area contributed by atoms with Crippen LogP contribution in [0.25, 0.3) is 6.08 Å². The van der Waals surface area contributed by atoms with Gasteiger partial charge < -0.3 is 15.5 Å². The Bertz CT molecular complexity index is 1180. The zero-order valence-electron chi connectivity index (χ0n) is 19.8. The molecule has 178 valence electrons. The number of rotatable bonds is 5. The zero-order chi connectivity index (χ0) is 24.6. The van der Waals surface area contributed by atoms with Crippen molar-refractivity contribution in [3.8, 4) is 0 Å². The number of para-hydroxylation sites is 1. The van der Waals surface area contributed by atoms with Gasteiger partial charge in [0.1, 0.15) is 18.1 Å². The molecule has 1 atom stereocenters. The van der Waals surface area contributed by atoms with Gasteiger partial charge in [-0.2, -0.15) is 0 Å². The van der Waals surface area contributed by atoms with Crippen molar-refractivity contribution >= 4 is 35.3 Å². The Morgan fingerprint density at radius 1 is 1.24 bits per heavy atom. The van der Waals surface area contributed by atoms with Crippen molar-refractivity contribution in [1.82, 2.24) is 10.2 Å². The number of benzene rings is 2. The molecule has 34 heavy (non-hydrogen) atoms. The van der Waals surface area contributed by atoms with Gasteiger partial charge >= 0.3 is 6.03 Å². The van der Waals surface area contributed by atoms with Crippen LogP contribution >= 0.6 is 0 Å². The van der Waals surface area contributed by atoms with Crippen LogP contribution in [0, 0.1) is 5.82 Å². The second-order valence-electron chi connectivity index (χ2n) is 9.39. The van der Waals surface area contributed by atoms with Crippen molar-refractivity contribution in [3.05, 3.63) is 65.1 Å². The molecule has 2 heterocycles. The van der Waals surface area contributed by atoms with Gasteiger partial charge in [-0.25, -0.2) is 14.1 Å². The van der Waals surface area contributed by atoms with Crippen LogP contribution < -0.4 is 15.5 Å². The van der Waals surface area contributed by atoms with Gasteiger partial charge in [0.2, 0.25) is 5.91 Å². The average Bonchev–Trinajstić information content (AvgIpc) is 3.02. The number of urea groups is 1. The van der Waals surface area contributed by atoms with Gasteiger partial charge in [-0.3, -0.25) is 9.59 Å². The van der Waals surface area contributed by atoms with Crippen LogP contribution in [-0.2, 0) is 9.59 Å². The van der Waals surface area contributed by atoms with Gasteiger partial charge in [-0.15, -0.1) is 0 Å². The summed E-state index contributed by atoms with van der Waals surface area (Å²) in [5, 5.41) is 5.11. The molecule has 2 aliphatic rings. The van der Waals surface area contributed by atoms with Gasteiger partial charge in [0.05, 0.1) is 0 Å². The first kappa shape index (κ1) is 23.5. The van der Waals surface area contributed by atoms with Crippen LogP contribution in [0.2, 0.25) is 0 Å². The van der Waals surface area contributed by atoms with Crippen molar-refractivity contribution in [2.45, 2.75) is 45.6 Å². The molecular formula is C26H29FN4O3. The summed E-state index contributed by atoms with van der Waals surface area (Å²) in [6.45, 7) is 8.77. The predicted molar refractivity (Wildman–Crippen MR) is 130 cm³/mol. The SMILES string of the molecule is CCN1c2cc(F)c(/C=C3/NC(=O)N(CC(=O)Nc4ccccc4)C3=O)cc2C(C)CC1(C)C. The third kappa shape index (κ3) is 4.40. The van der Waals surface area contributed by atoms with E-state index in [-0.39, 0.29) is 22.7 Å². The Kier molecular flexibility index (Phi) is 6.17. The van der Waals surface area contributed by atoms with E-state index in [2.05, 4.69) is 36.3 Å². The van der Waals surface area contributed by atoms with Crippen molar-refractivity contribution in [2.24, 2.45) is 0 Å². The third-order valence-electron chi connectivity index (χ3n) is 6.44. The van der Waals surface area contributed by atoms with E-state index < -0.39 is 30.2 Å². The lowest BCUT2D eigenvalue weighted by atomic mass is 9.79. The normalized spacial score (nSPS) is 20.4. The first-order valence-corrected chi connectivity index (χ1v) is 11.4. The molecule has 0 spiro atoms. The smallest absolute Gasteiger partial charge is 0.329 e. The molecule has 0 aliphatic carbocycles. The van der Waals surface area contributed by atoms with E-state index in [0.29, 0.717) is 5.69 Å². The van der Waals surface area contributed by atoms with Crippen LogP contribution in [0.1, 0.15) is 51.2 Å². The summed E-state index contributed by atoms with van der Waals surface area (Å²) >= 11 is 0. The van der Waals surface area contributed by atoms with Crippen molar-refractivity contribution < 1.29 is 18.8 Å². The molecule has 1 saturated heterocycles. The minimum absolute atomic E-state index is 0.0625. The van der Waals surface area contributed by atoms with E-state index in [9.17, 15) is 14.4 Å². The Balaban J connectivity index is 1.57. The Hall–Kier alpha value is -3.68. The zero-order valence-corrected chi connectivity index (χ0v) is 19.8. The number of fused-ring (bicyclic) bond motifs is 1. The van der Waals surface area contributed by atoms with E-state index >= 15 is 4.39 Å². The number of carbonyl (C=O) groups is 3. The van der Waals surface area contributed by atoms with Gasteiger partial charge in [-0.05, 0) is 69.0 Å². The van der Waals surface area contributed by atoms with Gasteiger partial charge in [0, 0.05) is 29.0 Å². The van der Waals surface area contributed by atoms with E-state index in [0.717, 1.165) is 29.1 Å². The molecule has 8 heteroatoms. The molecule has 1 unspecified atom stereocenters. The molecule has 0 bridgehead atoms. The predicted octanol–water partition coefficient (Wildman–Crippen LogP) is 4.47. The number of halogens is 1. The lowest BCUT2D eigenvalue weighted by molar-refractivity contribution is -0.127. The van der Waals surface area contributed by atoms with Gasteiger partial charge in [-0.1, -0.05) is 25.1 Å². The molecule has 0 saturated carbocycles. The van der Waals surface area contributed by atoms with E-state index in [1.54, 1.807) is 30.3 Å². The quantitative estimate of drug-likeness (QED) is 0.505. The summed E-state index contributed by atoms with van der Waals surface area (Å²) in [7, 11) is 0. The maximum Gasteiger partial charge on any atom is 0.329 e. The fourth-order valence-corrected chi connectivity index (χ4v) is 4.97. The molecule has 2 N–H and O–H groups in total. The summed E-state index contributed by atoms with van der Waals surface area (Å²) < 4.78 is 15.1. The summed E-state index contributed by atoms with van der Waals surface area (Å²) in [5.41, 5.74) is 2.49. The largest absolute Gasteiger partial charge is 0.366 e. The molecule has 2 aromatic rings. The summed E-state index contributed by atoms with van der Waals surface area (Å²) in [4.78, 5) is 40.5. The molecular weight excluding hydrogens is 435 g/mol. The highest BCUT2D eigenvalue weighted by molar-refractivity contribution is 6.16. The number of amides is 4. The fourth-order valence-electron chi connectivity index (χ4n) is 4.97. The van der Waals surface area contributed by atoms with Crippen molar-refractivity contribution in [3.63, 3.8) is 0 Å². The van der Waals surface area contributed by atoms with Crippen LogP contribution in [0.4, 0.5) is 20.6 Å². The Labute approximate surface area is 198 Å². The van der Waals surface area contributed by atoms with Crippen LogP contribution in [-0.4, -0.2) is 41.4 Å². The van der Waals surface area contributed by atoms with Crippen LogP contribution in [0.3, 0.4) is 0 Å². The molecule has 0 radical (unpaired) electrons. The van der Waals surface area contributed by atoms with Crippen LogP contribution in [0.15, 0.2) is 48.2 Å². The number of hydrogen-bond acceptors (Lipinski definition) is 4. The summed E-state index contributed by atoms with van der Waals surface area (Å²) in [6, 6.07) is 11.3. The highest BCUT2D eigenvalue weighted by Gasteiger charge is 2.37. The number of anilines is 2. The van der Waals surface area contributed by atoms with Crippen molar-refractivity contribution in [1.29, 1.82) is 0 Å². The molecule has 2 aliphatic heterocycles. The van der Waals surface area contributed by atoms with Crippen LogP contribution in [0.5, 0.6) is 0 Å². The third-order valence-corrected chi connectivity index (χ3v) is 6.44. The molecule has 1 fully saturated rings. The lowest BCUT2D eigenvalue weighted by Gasteiger charge is -2.47. The first-order valence-electron chi connectivity index (χ1n) is 11.4. The topological polar surface area (TPSA) is 81.8 Å². The number of imide groups is 1. The van der Waals surface area contributed by atoms with E-state index in [4.69, 9.17) is 0 Å². The Morgan fingerprint density at radius 3 is 2.62 bits per heavy atom. The minimum atomic E-state index is -0.717. The maximum atomic E-state index is 15.1. The fraction of sp³-hybridized carbons (Fsp3) is 0.346. The number of hydrogen-bond donors (Lipinski definition) is 2. The average molecular weight is 465 g/mol. The second kappa shape index (κ2) is 8.93. The highest BCUT2D eigenvalue weighted by atomic mass is 19.1. The molecule has 2 aromatic carbocycles. The standard InChI is InChI=1S/C26H29FN4O3/c1-5-31-22-13-20(27)17(11-19(22)16(2)14-26(31,3)4)12-21-24(33)30(25(34)29-21)15-23(32)28-18-9-7-6-8-10-18/h6-13,16H,5,14-15H2,1-4H3,(H,28,32)(H,29,34)/b21-12+. The Morgan fingerprint density at radius 2 is 1.94 bits per heavy atom. The molecule has 4 rings (SSSR count). The maximum absolute atomic E-state index is 15.1. The molecule has 4 amide bonds.